The molecule has 0 aliphatic rings. The van der Waals surface area contributed by atoms with Gasteiger partial charge in [0.2, 0.25) is 10.0 Å². The highest BCUT2D eigenvalue weighted by molar-refractivity contribution is 9.10. The normalized spacial score (nSPS) is 15.3. The molecule has 0 aliphatic heterocycles. The Morgan fingerprint density at radius 2 is 2.11 bits per heavy atom. The summed E-state index contributed by atoms with van der Waals surface area (Å²) in [6.07, 6.45) is 1.28. The molecule has 1 aromatic rings. The molecule has 1 N–H and O–H groups in total. The van der Waals surface area contributed by atoms with Crippen molar-refractivity contribution in [2.24, 2.45) is 0 Å². The lowest BCUT2D eigenvalue weighted by molar-refractivity contribution is 0.390. The summed E-state index contributed by atoms with van der Waals surface area (Å²) in [7, 11) is -3.51. The minimum Gasteiger partial charge on any atom is -0.207 e. The number of hydrogen-bond acceptors (Lipinski definition) is 2. The summed E-state index contributed by atoms with van der Waals surface area (Å²) in [5.41, 5.74) is -0.511. The molecule has 0 amide bonds. The van der Waals surface area contributed by atoms with Gasteiger partial charge in [-0.1, -0.05) is 28.9 Å². The van der Waals surface area contributed by atoms with Gasteiger partial charge in [-0.3, -0.25) is 0 Å². The molecule has 0 heterocycles. The van der Waals surface area contributed by atoms with Gasteiger partial charge in [0.1, 0.15) is 0 Å². The molecule has 0 saturated carbocycles. The third-order valence-corrected chi connectivity index (χ3v) is 5.23. The monoisotopic (exact) mass is 353 g/mol. The average Bonchev–Trinajstić information content (AvgIpc) is 2.28. The van der Waals surface area contributed by atoms with Gasteiger partial charge in [0.25, 0.3) is 0 Å². The van der Waals surface area contributed by atoms with E-state index in [2.05, 4.69) is 20.7 Å². The zero-order valence-corrected chi connectivity index (χ0v) is 13.6. The molecule has 102 valence electrons. The first-order chi connectivity index (χ1) is 8.33. The van der Waals surface area contributed by atoms with Gasteiger partial charge in [0, 0.05) is 15.9 Å². The van der Waals surface area contributed by atoms with Gasteiger partial charge in [0.15, 0.2) is 0 Å². The van der Waals surface area contributed by atoms with Crippen molar-refractivity contribution in [3.8, 4) is 0 Å². The Balaban J connectivity index is 3.01. The average molecular weight is 355 g/mol. The van der Waals surface area contributed by atoms with Crippen LogP contribution in [-0.4, -0.2) is 19.8 Å². The molecular weight excluding hydrogens is 338 g/mol. The number of nitrogens with one attached hydrogen (secondary N) is 1. The van der Waals surface area contributed by atoms with Crippen LogP contribution in [-0.2, 0) is 10.0 Å². The number of rotatable bonds is 6. The van der Waals surface area contributed by atoms with Crippen LogP contribution in [0.3, 0.4) is 0 Å². The third kappa shape index (κ3) is 4.23. The molecule has 0 aromatic heterocycles. The summed E-state index contributed by atoms with van der Waals surface area (Å²) < 4.78 is 28.0. The fourth-order valence-corrected chi connectivity index (χ4v) is 4.05. The molecule has 1 rings (SSSR count). The van der Waals surface area contributed by atoms with Crippen molar-refractivity contribution in [3.05, 3.63) is 28.7 Å². The summed E-state index contributed by atoms with van der Waals surface area (Å²) >= 11 is 8.99. The van der Waals surface area contributed by atoms with Gasteiger partial charge in [0.05, 0.1) is 4.90 Å². The van der Waals surface area contributed by atoms with Crippen LogP contribution in [0.5, 0.6) is 0 Å². The molecular formula is C12H17BrClNO2S. The van der Waals surface area contributed by atoms with Crippen LogP contribution in [0.15, 0.2) is 33.6 Å². The number of hydrogen-bond donors (Lipinski definition) is 1. The number of halogens is 2. The standard InChI is InChI=1S/C12H17BrClNO2S/c1-3-12(2,7-8-14)15-18(16,17)11-6-4-5-10(13)9-11/h4-6,9,15H,3,7-8H2,1-2H3. The van der Waals surface area contributed by atoms with Crippen LogP contribution in [0.4, 0.5) is 0 Å². The first kappa shape index (κ1) is 16.0. The van der Waals surface area contributed by atoms with E-state index in [1.165, 1.54) is 0 Å². The Hall–Kier alpha value is -0.100. The summed E-state index contributed by atoms with van der Waals surface area (Å²) in [4.78, 5) is 0.256. The van der Waals surface area contributed by atoms with Crippen LogP contribution in [0.25, 0.3) is 0 Å². The van der Waals surface area contributed by atoms with Gasteiger partial charge in [-0.15, -0.1) is 11.6 Å². The topological polar surface area (TPSA) is 46.2 Å². The highest BCUT2D eigenvalue weighted by atomic mass is 79.9. The molecule has 0 fully saturated rings. The van der Waals surface area contributed by atoms with E-state index >= 15 is 0 Å². The number of benzene rings is 1. The lowest BCUT2D eigenvalue weighted by atomic mass is 9.97. The maximum absolute atomic E-state index is 12.3. The van der Waals surface area contributed by atoms with Crippen molar-refractivity contribution in [1.82, 2.24) is 4.72 Å². The Bertz CT molecular complexity index is 507. The minimum atomic E-state index is -3.51. The molecule has 18 heavy (non-hydrogen) atoms. The first-order valence-corrected chi connectivity index (χ1v) is 8.49. The zero-order valence-electron chi connectivity index (χ0n) is 10.4. The molecule has 0 bridgehead atoms. The van der Waals surface area contributed by atoms with Crippen LogP contribution in [0, 0.1) is 0 Å². The van der Waals surface area contributed by atoms with Crippen molar-refractivity contribution in [3.63, 3.8) is 0 Å². The second kappa shape index (κ2) is 6.37. The lowest BCUT2D eigenvalue weighted by Crippen LogP contribution is -2.45. The van der Waals surface area contributed by atoms with Gasteiger partial charge in [-0.2, -0.15) is 0 Å². The summed E-state index contributed by atoms with van der Waals surface area (Å²) in [6.45, 7) is 3.81. The van der Waals surface area contributed by atoms with Crippen molar-refractivity contribution in [1.29, 1.82) is 0 Å². The fraction of sp³-hybridized carbons (Fsp3) is 0.500. The number of alkyl halides is 1. The van der Waals surface area contributed by atoms with Crippen molar-refractivity contribution in [2.45, 2.75) is 37.1 Å². The van der Waals surface area contributed by atoms with E-state index in [4.69, 9.17) is 11.6 Å². The molecule has 0 spiro atoms. The first-order valence-electron chi connectivity index (χ1n) is 5.68. The van der Waals surface area contributed by atoms with Crippen LogP contribution in [0.1, 0.15) is 26.7 Å². The maximum Gasteiger partial charge on any atom is 0.241 e. The molecule has 0 radical (unpaired) electrons. The molecule has 1 atom stereocenters. The summed E-state index contributed by atoms with van der Waals surface area (Å²) in [5.74, 6) is 0.422. The largest absolute Gasteiger partial charge is 0.241 e. The summed E-state index contributed by atoms with van der Waals surface area (Å²) in [5, 5.41) is 0. The van der Waals surface area contributed by atoms with E-state index in [-0.39, 0.29) is 4.90 Å². The highest BCUT2D eigenvalue weighted by Crippen LogP contribution is 2.21. The van der Waals surface area contributed by atoms with E-state index in [9.17, 15) is 8.42 Å². The molecule has 1 aromatic carbocycles. The van der Waals surface area contributed by atoms with E-state index in [1.54, 1.807) is 24.3 Å². The van der Waals surface area contributed by atoms with Gasteiger partial charge in [-0.25, -0.2) is 13.1 Å². The zero-order chi connectivity index (χ0) is 13.8. The number of sulfonamides is 1. The Morgan fingerprint density at radius 3 is 2.61 bits per heavy atom. The van der Waals surface area contributed by atoms with Gasteiger partial charge >= 0.3 is 0 Å². The molecule has 1 unspecified atom stereocenters. The Morgan fingerprint density at radius 1 is 1.44 bits per heavy atom. The van der Waals surface area contributed by atoms with E-state index in [0.29, 0.717) is 18.7 Å². The minimum absolute atomic E-state index is 0.256. The van der Waals surface area contributed by atoms with Gasteiger partial charge < -0.3 is 0 Å². The van der Waals surface area contributed by atoms with Crippen molar-refractivity contribution in [2.75, 3.05) is 5.88 Å². The highest BCUT2D eigenvalue weighted by Gasteiger charge is 2.28. The lowest BCUT2D eigenvalue weighted by Gasteiger charge is -2.28. The van der Waals surface area contributed by atoms with Crippen LogP contribution < -0.4 is 4.72 Å². The predicted molar refractivity (Wildman–Crippen MR) is 78.5 cm³/mol. The van der Waals surface area contributed by atoms with E-state index in [0.717, 1.165) is 4.47 Å². The smallest absolute Gasteiger partial charge is 0.207 e. The quantitative estimate of drug-likeness (QED) is 0.794. The SMILES string of the molecule is CCC(C)(CCCl)NS(=O)(=O)c1cccc(Br)c1. The second-order valence-corrected chi connectivity index (χ2v) is 7.39. The maximum atomic E-state index is 12.3. The Labute approximate surface area is 122 Å². The third-order valence-electron chi connectivity index (χ3n) is 2.91. The van der Waals surface area contributed by atoms with Gasteiger partial charge in [-0.05, 0) is 38.0 Å². The molecule has 6 heteroatoms. The molecule has 0 aliphatic carbocycles. The second-order valence-electron chi connectivity index (χ2n) is 4.42. The van der Waals surface area contributed by atoms with E-state index in [1.807, 2.05) is 13.8 Å². The van der Waals surface area contributed by atoms with Crippen LogP contribution in [0.2, 0.25) is 0 Å². The molecule has 0 saturated heterocycles. The van der Waals surface area contributed by atoms with Crippen LogP contribution >= 0.6 is 27.5 Å². The van der Waals surface area contributed by atoms with Crippen molar-refractivity contribution >= 4 is 37.6 Å². The predicted octanol–water partition coefficient (Wildman–Crippen LogP) is 3.53. The molecule has 3 nitrogen and oxygen atoms in total. The summed E-state index contributed by atoms with van der Waals surface area (Å²) in [6, 6.07) is 6.64. The Kier molecular flexibility index (Phi) is 5.65. The fourth-order valence-electron chi connectivity index (χ4n) is 1.53. The van der Waals surface area contributed by atoms with E-state index < -0.39 is 15.6 Å². The van der Waals surface area contributed by atoms with Crippen molar-refractivity contribution < 1.29 is 8.42 Å².